The predicted octanol–water partition coefficient (Wildman–Crippen LogP) is 6.35. The summed E-state index contributed by atoms with van der Waals surface area (Å²) >= 11 is 0. The first-order chi connectivity index (χ1) is 14.9. The molecular weight excluding hydrogens is 394 g/mol. The monoisotopic (exact) mass is 423 g/mol. The maximum atomic E-state index is 11.3. The molecule has 3 rings (SSSR count). The number of carbonyl (C=O) groups is 1. The molecule has 164 valence electrons. The van der Waals surface area contributed by atoms with E-state index in [1.807, 2.05) is 24.3 Å². The van der Waals surface area contributed by atoms with Crippen LogP contribution in [0.5, 0.6) is 0 Å². The van der Waals surface area contributed by atoms with Crippen LogP contribution >= 0.6 is 0 Å². The van der Waals surface area contributed by atoms with Gasteiger partial charge in [0, 0.05) is 47.4 Å². The van der Waals surface area contributed by atoms with Crippen molar-refractivity contribution < 1.29 is 14.6 Å². The van der Waals surface area contributed by atoms with Crippen molar-refractivity contribution >= 4 is 39.2 Å². The third-order valence-electron chi connectivity index (χ3n) is 5.52. The molecule has 0 aliphatic carbocycles. The van der Waals surface area contributed by atoms with Crippen LogP contribution < -0.4 is 0 Å². The van der Waals surface area contributed by atoms with Gasteiger partial charge in [0.15, 0.2) is 0 Å². The summed E-state index contributed by atoms with van der Waals surface area (Å²) in [6, 6.07) is 11.0. The molecule has 0 N–H and O–H groups in total. The van der Waals surface area contributed by atoms with Crippen molar-refractivity contribution in [2.75, 3.05) is 0 Å². The van der Waals surface area contributed by atoms with Gasteiger partial charge in [0.05, 0.1) is 10.6 Å². The third kappa shape index (κ3) is 5.29. The number of aryl methyl sites for hydroxylation is 1. The van der Waals surface area contributed by atoms with Crippen molar-refractivity contribution in [2.24, 2.45) is 5.16 Å². The first-order valence-corrected chi connectivity index (χ1v) is 10.8. The number of nitrogens with zero attached hydrogens (tertiary/aromatic N) is 3. The molecule has 3 aromatic rings. The fourth-order valence-electron chi connectivity index (χ4n) is 3.91. The van der Waals surface area contributed by atoms with Crippen LogP contribution in [0.2, 0.25) is 0 Å². The van der Waals surface area contributed by atoms with E-state index in [2.05, 4.69) is 16.6 Å². The molecule has 0 amide bonds. The Morgan fingerprint density at radius 3 is 2.32 bits per heavy atom. The number of aromatic nitrogens is 1. The Bertz CT molecular complexity index is 1130. The number of non-ortho nitro benzene ring substituents is 1. The molecule has 0 saturated heterocycles. The van der Waals surface area contributed by atoms with Gasteiger partial charge in [-0.25, -0.2) is 4.79 Å². The molecule has 0 bridgehead atoms. The van der Waals surface area contributed by atoms with Crippen molar-refractivity contribution in [3.05, 3.63) is 52.1 Å². The SMILES string of the molecule is CCCCCCCCn1c2ccc(C(C)=NOC(C)=O)cc2c2cc([N+](=O)[O-])ccc21. The Labute approximate surface area is 181 Å². The summed E-state index contributed by atoms with van der Waals surface area (Å²) in [7, 11) is 0. The van der Waals surface area contributed by atoms with E-state index in [9.17, 15) is 14.9 Å². The summed E-state index contributed by atoms with van der Waals surface area (Å²) in [5, 5.41) is 17.0. The molecule has 31 heavy (non-hydrogen) atoms. The quantitative estimate of drug-likeness (QED) is 0.125. The highest BCUT2D eigenvalue weighted by Gasteiger charge is 2.16. The molecule has 2 aromatic carbocycles. The Morgan fingerprint density at radius 1 is 1.00 bits per heavy atom. The number of fused-ring (bicyclic) bond motifs is 3. The molecule has 7 nitrogen and oxygen atoms in total. The number of benzene rings is 2. The zero-order valence-corrected chi connectivity index (χ0v) is 18.4. The molecule has 0 aliphatic heterocycles. The summed E-state index contributed by atoms with van der Waals surface area (Å²) in [4.78, 5) is 26.8. The molecule has 0 spiro atoms. The first kappa shape index (κ1) is 22.5. The fraction of sp³-hybridized carbons (Fsp3) is 0.417. The van der Waals surface area contributed by atoms with E-state index < -0.39 is 5.97 Å². The predicted molar refractivity (Wildman–Crippen MR) is 123 cm³/mol. The molecule has 0 aliphatic rings. The molecule has 0 radical (unpaired) electrons. The van der Waals surface area contributed by atoms with Crippen LogP contribution in [0.15, 0.2) is 41.6 Å². The van der Waals surface area contributed by atoms with Crippen LogP contribution in [0.1, 0.15) is 64.9 Å². The molecule has 1 aromatic heterocycles. The van der Waals surface area contributed by atoms with Crippen molar-refractivity contribution in [1.29, 1.82) is 0 Å². The number of oxime groups is 1. The number of rotatable bonds is 10. The fourth-order valence-corrected chi connectivity index (χ4v) is 3.91. The van der Waals surface area contributed by atoms with Gasteiger partial charge < -0.3 is 9.40 Å². The number of nitro benzene ring substituents is 1. The summed E-state index contributed by atoms with van der Waals surface area (Å²) in [6.07, 6.45) is 7.23. The second-order valence-corrected chi connectivity index (χ2v) is 7.87. The minimum atomic E-state index is -0.480. The molecule has 1 heterocycles. The number of nitro groups is 1. The van der Waals surface area contributed by atoms with E-state index >= 15 is 0 Å². The Kier molecular flexibility index (Phi) is 7.39. The van der Waals surface area contributed by atoms with Gasteiger partial charge >= 0.3 is 5.97 Å². The van der Waals surface area contributed by atoms with Gasteiger partial charge in [-0.3, -0.25) is 10.1 Å². The van der Waals surface area contributed by atoms with Crippen LogP contribution in [0.4, 0.5) is 5.69 Å². The molecule has 7 heteroatoms. The first-order valence-electron chi connectivity index (χ1n) is 10.8. The zero-order chi connectivity index (χ0) is 22.4. The van der Waals surface area contributed by atoms with Gasteiger partial charge in [0.1, 0.15) is 0 Å². The second-order valence-electron chi connectivity index (χ2n) is 7.87. The molecule has 0 fully saturated rings. The van der Waals surface area contributed by atoms with Crippen LogP contribution in [0.25, 0.3) is 21.8 Å². The Balaban J connectivity index is 2.00. The number of hydrogen-bond acceptors (Lipinski definition) is 5. The standard InChI is InChI=1S/C24H29N3O4/c1-4-5-6-7-8-9-14-26-23-12-10-19(17(2)25-31-18(3)28)15-21(23)22-16-20(27(29)30)11-13-24(22)26/h10-13,15-16H,4-9,14H2,1-3H3. The Hall–Kier alpha value is -3.22. The average molecular weight is 424 g/mol. The highest BCUT2D eigenvalue weighted by molar-refractivity contribution is 6.12. The maximum absolute atomic E-state index is 11.3. The van der Waals surface area contributed by atoms with E-state index in [0.717, 1.165) is 40.3 Å². The van der Waals surface area contributed by atoms with Crippen LogP contribution in [-0.2, 0) is 16.2 Å². The minimum Gasteiger partial charge on any atom is -0.340 e. The van der Waals surface area contributed by atoms with Crippen LogP contribution in [0.3, 0.4) is 0 Å². The van der Waals surface area contributed by atoms with Crippen molar-refractivity contribution in [2.45, 2.75) is 65.8 Å². The molecule has 0 unspecified atom stereocenters. The minimum absolute atomic E-state index is 0.0711. The van der Waals surface area contributed by atoms with Crippen molar-refractivity contribution in [3.8, 4) is 0 Å². The van der Waals surface area contributed by atoms with Gasteiger partial charge in [-0.05, 0) is 37.1 Å². The largest absolute Gasteiger partial charge is 0.340 e. The highest BCUT2D eigenvalue weighted by atomic mass is 16.7. The van der Waals surface area contributed by atoms with E-state index in [1.165, 1.54) is 39.0 Å². The smallest absolute Gasteiger partial charge is 0.331 e. The second kappa shape index (κ2) is 10.2. The number of hydrogen-bond donors (Lipinski definition) is 0. The summed E-state index contributed by atoms with van der Waals surface area (Å²) in [6.45, 7) is 6.14. The number of carbonyl (C=O) groups excluding carboxylic acids is 1. The molecular formula is C24H29N3O4. The Morgan fingerprint density at radius 2 is 1.65 bits per heavy atom. The lowest BCUT2D eigenvalue weighted by atomic mass is 10.1. The van der Waals surface area contributed by atoms with Crippen LogP contribution in [-0.4, -0.2) is 21.2 Å². The lowest BCUT2D eigenvalue weighted by Crippen LogP contribution is -2.00. The molecule has 0 saturated carbocycles. The van der Waals surface area contributed by atoms with E-state index in [0.29, 0.717) is 5.71 Å². The van der Waals surface area contributed by atoms with E-state index in [-0.39, 0.29) is 10.6 Å². The topological polar surface area (TPSA) is 86.7 Å². The molecule has 0 atom stereocenters. The van der Waals surface area contributed by atoms with E-state index in [1.54, 1.807) is 19.1 Å². The van der Waals surface area contributed by atoms with Crippen molar-refractivity contribution in [1.82, 2.24) is 4.57 Å². The maximum Gasteiger partial charge on any atom is 0.331 e. The van der Waals surface area contributed by atoms with Gasteiger partial charge in [0.25, 0.3) is 5.69 Å². The normalized spacial score (nSPS) is 11.9. The lowest BCUT2D eigenvalue weighted by Gasteiger charge is -2.08. The van der Waals surface area contributed by atoms with Gasteiger partial charge in [0.2, 0.25) is 0 Å². The van der Waals surface area contributed by atoms with Crippen LogP contribution in [0, 0.1) is 10.1 Å². The van der Waals surface area contributed by atoms with Crippen molar-refractivity contribution in [3.63, 3.8) is 0 Å². The van der Waals surface area contributed by atoms with Gasteiger partial charge in [-0.1, -0.05) is 50.2 Å². The summed E-state index contributed by atoms with van der Waals surface area (Å²) in [5.41, 5.74) is 3.47. The average Bonchev–Trinajstić information content (AvgIpc) is 3.06. The highest BCUT2D eigenvalue weighted by Crippen LogP contribution is 2.33. The van der Waals surface area contributed by atoms with Gasteiger partial charge in [-0.2, -0.15) is 0 Å². The summed E-state index contributed by atoms with van der Waals surface area (Å²) in [5.74, 6) is -0.480. The van der Waals surface area contributed by atoms with E-state index in [4.69, 9.17) is 4.84 Å². The third-order valence-corrected chi connectivity index (χ3v) is 5.52. The van der Waals surface area contributed by atoms with Gasteiger partial charge in [-0.15, -0.1) is 0 Å². The summed E-state index contributed by atoms with van der Waals surface area (Å²) < 4.78 is 2.25. The zero-order valence-electron chi connectivity index (χ0n) is 18.4. The number of unbranched alkanes of at least 4 members (excludes halogenated alkanes) is 5. The lowest BCUT2D eigenvalue weighted by molar-refractivity contribution is -0.384.